The monoisotopic (exact) mass is 285 g/mol. The van der Waals surface area contributed by atoms with E-state index in [1.807, 2.05) is 19.9 Å². The molecule has 1 aromatic heterocycles. The molecule has 2 atom stereocenters. The van der Waals surface area contributed by atoms with E-state index in [9.17, 15) is 8.42 Å². The van der Waals surface area contributed by atoms with E-state index in [2.05, 4.69) is 9.71 Å². The smallest absolute Gasteiger partial charge is 0.279 e. The van der Waals surface area contributed by atoms with Gasteiger partial charge in [0.15, 0.2) is 0 Å². The van der Waals surface area contributed by atoms with Crippen LogP contribution in [0.3, 0.4) is 0 Å². The number of morpholine rings is 1. The molecule has 1 aliphatic heterocycles. The third kappa shape index (κ3) is 3.97. The van der Waals surface area contributed by atoms with Crippen molar-refractivity contribution in [3.8, 4) is 0 Å². The minimum Gasteiger partial charge on any atom is -0.373 e. The van der Waals surface area contributed by atoms with Gasteiger partial charge in [0.1, 0.15) is 0 Å². The van der Waals surface area contributed by atoms with Gasteiger partial charge in [0, 0.05) is 19.3 Å². The molecule has 0 aromatic carbocycles. The van der Waals surface area contributed by atoms with Crippen LogP contribution >= 0.6 is 0 Å². The zero-order valence-corrected chi connectivity index (χ0v) is 11.9. The van der Waals surface area contributed by atoms with Gasteiger partial charge in [0.2, 0.25) is 0 Å². The largest absolute Gasteiger partial charge is 0.373 e. The Hall–Kier alpha value is -1.02. The Balaban J connectivity index is 1.98. The third-order valence-corrected chi connectivity index (χ3v) is 4.37. The summed E-state index contributed by atoms with van der Waals surface area (Å²) in [6, 6.07) is 5.41. The highest BCUT2D eigenvalue weighted by Crippen LogP contribution is 2.13. The van der Waals surface area contributed by atoms with Crippen molar-refractivity contribution in [3.63, 3.8) is 0 Å². The molecule has 7 heteroatoms. The number of pyridine rings is 1. The summed E-state index contributed by atoms with van der Waals surface area (Å²) < 4.78 is 33.9. The first-order valence-corrected chi connectivity index (χ1v) is 7.71. The molecule has 0 amide bonds. The van der Waals surface area contributed by atoms with Crippen LogP contribution in [0.25, 0.3) is 0 Å². The summed E-state index contributed by atoms with van der Waals surface area (Å²) in [5, 5.41) is 0. The van der Waals surface area contributed by atoms with Gasteiger partial charge in [0.05, 0.1) is 24.4 Å². The molecule has 0 radical (unpaired) electrons. The molecular formula is C12H19N3O3S. The fourth-order valence-corrected chi connectivity index (χ4v) is 3.41. The van der Waals surface area contributed by atoms with E-state index in [-0.39, 0.29) is 18.8 Å². The molecule has 6 nitrogen and oxygen atoms in total. The summed E-state index contributed by atoms with van der Waals surface area (Å²) in [6.45, 7) is 4.70. The van der Waals surface area contributed by atoms with Crippen molar-refractivity contribution >= 4 is 10.2 Å². The molecule has 19 heavy (non-hydrogen) atoms. The topological polar surface area (TPSA) is 71.5 Å². The summed E-state index contributed by atoms with van der Waals surface area (Å²) in [7, 11) is -3.48. The van der Waals surface area contributed by atoms with Crippen LogP contribution in [-0.4, -0.2) is 43.0 Å². The summed E-state index contributed by atoms with van der Waals surface area (Å²) in [5.74, 6) is 0. The van der Waals surface area contributed by atoms with Crippen LogP contribution in [0.1, 0.15) is 19.5 Å². The van der Waals surface area contributed by atoms with Crippen LogP contribution in [0.4, 0.5) is 0 Å². The Bertz CT molecular complexity index is 496. The fraction of sp³-hybridized carbons (Fsp3) is 0.583. The maximum atomic E-state index is 12.2. The molecule has 1 N–H and O–H groups in total. The number of hydrogen-bond donors (Lipinski definition) is 1. The first-order chi connectivity index (χ1) is 8.97. The lowest BCUT2D eigenvalue weighted by Gasteiger charge is -2.34. The number of nitrogens with one attached hydrogen (secondary N) is 1. The number of aromatic nitrogens is 1. The summed E-state index contributed by atoms with van der Waals surface area (Å²) >= 11 is 0. The Morgan fingerprint density at radius 1 is 1.37 bits per heavy atom. The van der Waals surface area contributed by atoms with Crippen molar-refractivity contribution in [3.05, 3.63) is 30.1 Å². The van der Waals surface area contributed by atoms with Crippen LogP contribution in [0.5, 0.6) is 0 Å². The van der Waals surface area contributed by atoms with Crippen molar-refractivity contribution in [1.82, 2.24) is 14.0 Å². The average molecular weight is 285 g/mol. The molecular weight excluding hydrogens is 266 g/mol. The lowest BCUT2D eigenvalue weighted by molar-refractivity contribution is -0.0444. The zero-order chi connectivity index (χ0) is 13.9. The normalized spacial score (nSPS) is 25.4. The maximum Gasteiger partial charge on any atom is 0.279 e. The maximum absolute atomic E-state index is 12.2. The number of hydrogen-bond acceptors (Lipinski definition) is 4. The molecule has 0 bridgehead atoms. The molecule has 1 aliphatic rings. The van der Waals surface area contributed by atoms with Crippen molar-refractivity contribution < 1.29 is 13.2 Å². The zero-order valence-electron chi connectivity index (χ0n) is 11.1. The van der Waals surface area contributed by atoms with Crippen molar-refractivity contribution in [2.24, 2.45) is 0 Å². The van der Waals surface area contributed by atoms with Crippen LogP contribution < -0.4 is 4.72 Å². The Morgan fingerprint density at radius 3 is 2.63 bits per heavy atom. The third-order valence-electron chi connectivity index (χ3n) is 2.89. The van der Waals surface area contributed by atoms with Crippen molar-refractivity contribution in [2.45, 2.75) is 32.6 Å². The minimum atomic E-state index is -3.48. The van der Waals surface area contributed by atoms with E-state index in [1.54, 1.807) is 18.3 Å². The van der Waals surface area contributed by atoms with Gasteiger partial charge in [-0.05, 0) is 26.0 Å². The first kappa shape index (κ1) is 14.4. The molecule has 2 heterocycles. The van der Waals surface area contributed by atoms with Crippen molar-refractivity contribution in [1.29, 1.82) is 0 Å². The van der Waals surface area contributed by atoms with E-state index in [4.69, 9.17) is 4.74 Å². The minimum absolute atomic E-state index is 0.0878. The quantitative estimate of drug-likeness (QED) is 0.875. The lowest BCUT2D eigenvalue weighted by Crippen LogP contribution is -2.51. The molecule has 0 unspecified atom stereocenters. The number of nitrogens with zero attached hydrogens (tertiary/aromatic N) is 2. The molecule has 106 valence electrons. The van der Waals surface area contributed by atoms with Crippen LogP contribution in [0, 0.1) is 0 Å². The molecule has 0 aliphatic carbocycles. The van der Waals surface area contributed by atoms with E-state index in [0.717, 1.165) is 0 Å². The standard InChI is InChI=1S/C12H19N3O3S/c1-10-8-15(9-11(2)18-10)19(16,17)14-7-12-5-3-4-6-13-12/h3-6,10-11,14H,7-9H2,1-2H3/t10-,11+. The van der Waals surface area contributed by atoms with Gasteiger partial charge in [-0.15, -0.1) is 0 Å². The van der Waals surface area contributed by atoms with Crippen LogP contribution in [0.15, 0.2) is 24.4 Å². The Labute approximate surface area is 114 Å². The lowest BCUT2D eigenvalue weighted by atomic mass is 10.3. The van der Waals surface area contributed by atoms with E-state index < -0.39 is 10.2 Å². The van der Waals surface area contributed by atoms with Gasteiger partial charge in [-0.2, -0.15) is 17.4 Å². The van der Waals surface area contributed by atoms with Crippen LogP contribution in [0.2, 0.25) is 0 Å². The predicted molar refractivity (Wildman–Crippen MR) is 71.6 cm³/mol. The second-order valence-corrected chi connectivity index (χ2v) is 6.48. The second-order valence-electron chi connectivity index (χ2n) is 4.72. The van der Waals surface area contributed by atoms with Gasteiger partial charge >= 0.3 is 0 Å². The molecule has 1 saturated heterocycles. The highest BCUT2D eigenvalue weighted by molar-refractivity contribution is 7.87. The van der Waals surface area contributed by atoms with Gasteiger partial charge in [-0.1, -0.05) is 6.07 Å². The Kier molecular flexibility index (Phi) is 4.51. The van der Waals surface area contributed by atoms with Crippen LogP contribution in [-0.2, 0) is 21.5 Å². The predicted octanol–water partition coefficient (Wildman–Crippen LogP) is 0.525. The summed E-state index contributed by atoms with van der Waals surface area (Å²) in [6.07, 6.45) is 1.47. The second kappa shape index (κ2) is 5.96. The van der Waals surface area contributed by atoms with E-state index >= 15 is 0 Å². The van der Waals surface area contributed by atoms with Crippen molar-refractivity contribution in [2.75, 3.05) is 13.1 Å². The first-order valence-electron chi connectivity index (χ1n) is 6.27. The molecule has 1 aromatic rings. The summed E-state index contributed by atoms with van der Waals surface area (Å²) in [5.41, 5.74) is 0.695. The molecule has 0 spiro atoms. The van der Waals surface area contributed by atoms with Gasteiger partial charge < -0.3 is 4.74 Å². The highest BCUT2D eigenvalue weighted by Gasteiger charge is 2.30. The van der Waals surface area contributed by atoms with E-state index in [0.29, 0.717) is 18.8 Å². The Morgan fingerprint density at radius 2 is 2.05 bits per heavy atom. The molecule has 1 fully saturated rings. The SMILES string of the molecule is C[C@@H]1CN(S(=O)(=O)NCc2ccccn2)C[C@H](C)O1. The van der Waals surface area contributed by atoms with E-state index in [1.165, 1.54) is 4.31 Å². The molecule has 0 saturated carbocycles. The summed E-state index contributed by atoms with van der Waals surface area (Å²) in [4.78, 5) is 4.09. The highest BCUT2D eigenvalue weighted by atomic mass is 32.2. The average Bonchev–Trinajstić information content (AvgIpc) is 2.37. The molecule has 2 rings (SSSR count). The van der Waals surface area contributed by atoms with Gasteiger partial charge in [0.25, 0.3) is 10.2 Å². The van der Waals surface area contributed by atoms with Gasteiger partial charge in [-0.3, -0.25) is 4.98 Å². The number of ether oxygens (including phenoxy) is 1. The van der Waals surface area contributed by atoms with Gasteiger partial charge in [-0.25, -0.2) is 0 Å². The number of rotatable bonds is 4. The fourth-order valence-electron chi connectivity index (χ4n) is 2.09.